The van der Waals surface area contributed by atoms with Gasteiger partial charge in [-0.1, -0.05) is 12.1 Å². The Morgan fingerprint density at radius 3 is 2.14 bits per heavy atom. The van der Waals surface area contributed by atoms with E-state index in [0.29, 0.717) is 17.8 Å². The Labute approximate surface area is 163 Å². The Morgan fingerprint density at radius 2 is 1.61 bits per heavy atom. The Morgan fingerprint density at radius 1 is 1.00 bits per heavy atom. The molecule has 0 atom stereocenters. The van der Waals surface area contributed by atoms with Crippen molar-refractivity contribution in [1.29, 1.82) is 0 Å². The fourth-order valence-electron chi connectivity index (χ4n) is 3.46. The first-order chi connectivity index (χ1) is 13.6. The molecule has 2 aromatic rings. The van der Waals surface area contributed by atoms with Gasteiger partial charge in [-0.15, -0.1) is 0 Å². The molecule has 28 heavy (non-hydrogen) atoms. The molecule has 1 aliphatic carbocycles. The highest BCUT2D eigenvalue weighted by Gasteiger charge is 2.34. The van der Waals surface area contributed by atoms with Crippen LogP contribution in [0.1, 0.15) is 41.6 Å². The van der Waals surface area contributed by atoms with E-state index in [0.717, 1.165) is 24.2 Å². The Kier molecular flexibility index (Phi) is 4.86. The van der Waals surface area contributed by atoms with E-state index in [1.165, 1.54) is 4.90 Å². The van der Waals surface area contributed by atoms with Crippen LogP contribution in [-0.2, 0) is 16.1 Å². The molecule has 1 aliphatic heterocycles. The maximum absolute atomic E-state index is 13.1. The number of anilines is 1. The van der Waals surface area contributed by atoms with Crippen LogP contribution >= 0.6 is 0 Å². The molecule has 4 rings (SSSR count). The molecule has 1 saturated carbocycles. The molecule has 6 nitrogen and oxygen atoms in total. The summed E-state index contributed by atoms with van der Waals surface area (Å²) in [6, 6.07) is 14.7. The molecule has 0 radical (unpaired) electrons. The summed E-state index contributed by atoms with van der Waals surface area (Å²) in [6.45, 7) is 0.540. The van der Waals surface area contributed by atoms with Gasteiger partial charge in [0.2, 0.25) is 11.8 Å². The smallest absolute Gasteiger partial charge is 0.254 e. The van der Waals surface area contributed by atoms with E-state index in [4.69, 9.17) is 4.74 Å². The van der Waals surface area contributed by atoms with Gasteiger partial charge in [-0.05, 0) is 54.8 Å². The van der Waals surface area contributed by atoms with Crippen molar-refractivity contribution >= 4 is 23.4 Å². The summed E-state index contributed by atoms with van der Waals surface area (Å²) < 4.78 is 5.19. The average molecular weight is 378 g/mol. The summed E-state index contributed by atoms with van der Waals surface area (Å²) in [6.07, 6.45) is 2.52. The van der Waals surface area contributed by atoms with Crippen LogP contribution in [0.3, 0.4) is 0 Å². The van der Waals surface area contributed by atoms with E-state index in [2.05, 4.69) is 0 Å². The van der Waals surface area contributed by atoms with E-state index >= 15 is 0 Å². The van der Waals surface area contributed by atoms with Crippen molar-refractivity contribution in [3.8, 4) is 5.75 Å². The number of carbonyl (C=O) groups is 3. The number of nitrogens with zero attached hydrogens (tertiary/aromatic N) is 2. The van der Waals surface area contributed by atoms with Gasteiger partial charge in [0.25, 0.3) is 5.91 Å². The number of carbonyl (C=O) groups excluding carboxylic acids is 3. The molecule has 0 N–H and O–H groups in total. The minimum atomic E-state index is -0.191. The minimum Gasteiger partial charge on any atom is -0.497 e. The van der Waals surface area contributed by atoms with Crippen LogP contribution in [0.4, 0.5) is 5.69 Å². The molecule has 1 saturated heterocycles. The normalized spacial score (nSPS) is 16.4. The number of methoxy groups -OCH3 is 1. The van der Waals surface area contributed by atoms with Crippen LogP contribution < -0.4 is 9.64 Å². The number of benzene rings is 2. The second-order valence-electron chi connectivity index (χ2n) is 7.18. The number of imide groups is 1. The molecule has 3 amide bonds. The van der Waals surface area contributed by atoms with E-state index in [1.54, 1.807) is 31.4 Å². The first-order valence-corrected chi connectivity index (χ1v) is 9.46. The van der Waals surface area contributed by atoms with Gasteiger partial charge >= 0.3 is 0 Å². The van der Waals surface area contributed by atoms with Crippen LogP contribution in [0.15, 0.2) is 48.5 Å². The van der Waals surface area contributed by atoms with Crippen molar-refractivity contribution in [1.82, 2.24) is 4.90 Å². The standard InChI is InChI=1S/C22H22N2O4/c1-28-19-10-2-15(3-11-19)14-23(17-8-9-17)22(27)16-4-6-18(7-5-16)24-20(25)12-13-21(24)26/h2-7,10-11,17H,8-9,12-14H2,1H3. The summed E-state index contributed by atoms with van der Waals surface area (Å²) in [4.78, 5) is 39.9. The molecular formula is C22H22N2O4. The highest BCUT2D eigenvalue weighted by Crippen LogP contribution is 2.31. The largest absolute Gasteiger partial charge is 0.497 e. The number of ether oxygens (including phenoxy) is 1. The molecule has 0 unspecified atom stereocenters. The summed E-state index contributed by atoms with van der Waals surface area (Å²) in [7, 11) is 1.63. The number of rotatable bonds is 6. The third-order valence-electron chi connectivity index (χ3n) is 5.18. The van der Waals surface area contributed by atoms with Gasteiger partial charge < -0.3 is 9.64 Å². The van der Waals surface area contributed by atoms with Gasteiger partial charge in [-0.2, -0.15) is 0 Å². The Bertz CT molecular complexity index is 885. The number of amides is 3. The van der Waals surface area contributed by atoms with E-state index in [-0.39, 0.29) is 36.6 Å². The van der Waals surface area contributed by atoms with Crippen LogP contribution in [-0.4, -0.2) is 35.8 Å². The first-order valence-electron chi connectivity index (χ1n) is 9.46. The topological polar surface area (TPSA) is 66.9 Å². The summed E-state index contributed by atoms with van der Waals surface area (Å²) in [5.41, 5.74) is 2.13. The average Bonchev–Trinajstić information content (AvgIpc) is 3.51. The van der Waals surface area contributed by atoms with Gasteiger partial charge in [-0.3, -0.25) is 19.3 Å². The maximum atomic E-state index is 13.1. The zero-order valence-corrected chi connectivity index (χ0v) is 15.8. The third-order valence-corrected chi connectivity index (χ3v) is 5.18. The molecule has 2 aliphatic rings. The molecule has 0 bridgehead atoms. The second-order valence-corrected chi connectivity index (χ2v) is 7.18. The fraction of sp³-hybridized carbons (Fsp3) is 0.318. The lowest BCUT2D eigenvalue weighted by molar-refractivity contribution is -0.121. The Balaban J connectivity index is 1.51. The SMILES string of the molecule is COc1ccc(CN(C(=O)c2ccc(N3C(=O)CCC3=O)cc2)C2CC2)cc1. The second kappa shape index (κ2) is 7.46. The van der Waals surface area contributed by atoms with Gasteiger partial charge in [-0.25, -0.2) is 0 Å². The lowest BCUT2D eigenvalue weighted by Gasteiger charge is -2.23. The van der Waals surface area contributed by atoms with E-state index in [9.17, 15) is 14.4 Å². The van der Waals surface area contributed by atoms with E-state index in [1.807, 2.05) is 29.2 Å². The van der Waals surface area contributed by atoms with Crippen LogP contribution in [0, 0.1) is 0 Å². The van der Waals surface area contributed by atoms with E-state index < -0.39 is 0 Å². The maximum Gasteiger partial charge on any atom is 0.254 e. The zero-order valence-electron chi connectivity index (χ0n) is 15.8. The Hall–Kier alpha value is -3.15. The molecule has 0 spiro atoms. The quantitative estimate of drug-likeness (QED) is 0.724. The number of hydrogen-bond donors (Lipinski definition) is 0. The third kappa shape index (κ3) is 3.63. The monoisotopic (exact) mass is 378 g/mol. The zero-order chi connectivity index (χ0) is 19.7. The molecule has 1 heterocycles. The van der Waals surface area contributed by atoms with Gasteiger partial charge in [0.1, 0.15) is 5.75 Å². The summed E-state index contributed by atoms with van der Waals surface area (Å²) in [5, 5.41) is 0. The summed E-state index contributed by atoms with van der Waals surface area (Å²) >= 11 is 0. The van der Waals surface area contributed by atoms with Crippen LogP contribution in [0.2, 0.25) is 0 Å². The van der Waals surface area contributed by atoms with Gasteiger partial charge in [0, 0.05) is 31.0 Å². The predicted molar refractivity (Wildman–Crippen MR) is 104 cm³/mol. The van der Waals surface area contributed by atoms with Crippen molar-refractivity contribution in [3.05, 3.63) is 59.7 Å². The molecular weight excluding hydrogens is 356 g/mol. The van der Waals surface area contributed by atoms with Gasteiger partial charge in [0.05, 0.1) is 12.8 Å². The molecule has 6 heteroatoms. The van der Waals surface area contributed by atoms with Crippen molar-refractivity contribution in [2.75, 3.05) is 12.0 Å². The minimum absolute atomic E-state index is 0.0380. The van der Waals surface area contributed by atoms with Crippen molar-refractivity contribution < 1.29 is 19.1 Å². The highest BCUT2D eigenvalue weighted by molar-refractivity contribution is 6.19. The van der Waals surface area contributed by atoms with Crippen molar-refractivity contribution in [2.45, 2.75) is 38.3 Å². The lowest BCUT2D eigenvalue weighted by Crippen LogP contribution is -2.33. The van der Waals surface area contributed by atoms with Crippen LogP contribution in [0.25, 0.3) is 0 Å². The molecule has 144 valence electrons. The first kappa shape index (κ1) is 18.2. The molecule has 0 aromatic heterocycles. The summed E-state index contributed by atoms with van der Waals surface area (Å²) in [5.74, 6) is 0.366. The van der Waals surface area contributed by atoms with Gasteiger partial charge in [0.15, 0.2) is 0 Å². The fourth-order valence-corrected chi connectivity index (χ4v) is 3.46. The van der Waals surface area contributed by atoms with Crippen LogP contribution in [0.5, 0.6) is 5.75 Å². The molecule has 2 aromatic carbocycles. The lowest BCUT2D eigenvalue weighted by atomic mass is 10.1. The van der Waals surface area contributed by atoms with Crippen molar-refractivity contribution in [3.63, 3.8) is 0 Å². The predicted octanol–water partition coefficient (Wildman–Crippen LogP) is 3.15. The molecule has 2 fully saturated rings. The number of hydrogen-bond acceptors (Lipinski definition) is 4. The highest BCUT2D eigenvalue weighted by atomic mass is 16.5. The van der Waals surface area contributed by atoms with Crippen molar-refractivity contribution in [2.24, 2.45) is 0 Å².